The van der Waals surface area contributed by atoms with E-state index in [9.17, 15) is 13.6 Å². The topological polar surface area (TPSA) is 55.1 Å². The monoisotopic (exact) mass is 258 g/mol. The molecule has 1 rings (SSSR count). The molecule has 0 radical (unpaired) electrons. The quantitative estimate of drug-likeness (QED) is 0.814. The molecule has 3 nitrogen and oxygen atoms in total. The molecule has 0 heterocycles. The predicted molar refractivity (Wildman–Crippen MR) is 65.6 cm³/mol. The van der Waals surface area contributed by atoms with Crippen LogP contribution in [0.15, 0.2) is 18.2 Å². The maximum Gasteiger partial charge on any atom is 0.234 e. The van der Waals surface area contributed by atoms with Crippen molar-refractivity contribution in [1.29, 1.82) is 0 Å². The number of rotatable bonds is 4. The van der Waals surface area contributed by atoms with E-state index in [1.165, 1.54) is 0 Å². The minimum atomic E-state index is -0.837. The average Bonchev–Trinajstić information content (AvgIpc) is 2.22. The average molecular weight is 258 g/mol. The highest BCUT2D eigenvalue weighted by molar-refractivity contribution is 7.80. The van der Waals surface area contributed by atoms with Gasteiger partial charge in [0, 0.05) is 6.07 Å². The van der Waals surface area contributed by atoms with E-state index in [1.807, 2.05) is 0 Å². The van der Waals surface area contributed by atoms with Gasteiger partial charge in [-0.1, -0.05) is 19.1 Å². The lowest BCUT2D eigenvalue weighted by Crippen LogP contribution is -2.32. The summed E-state index contributed by atoms with van der Waals surface area (Å²) in [5, 5.41) is 2.32. The molecule has 0 aliphatic carbocycles. The van der Waals surface area contributed by atoms with Gasteiger partial charge in [-0.2, -0.15) is 0 Å². The van der Waals surface area contributed by atoms with Gasteiger partial charge in [0.2, 0.25) is 5.91 Å². The van der Waals surface area contributed by atoms with Crippen molar-refractivity contribution in [2.24, 2.45) is 11.7 Å². The van der Waals surface area contributed by atoms with E-state index in [0.717, 1.165) is 12.1 Å². The van der Waals surface area contributed by atoms with Crippen LogP contribution in [0.4, 0.5) is 14.5 Å². The van der Waals surface area contributed by atoms with Crippen molar-refractivity contribution in [3.63, 3.8) is 0 Å². The molecule has 0 aliphatic heterocycles. The van der Waals surface area contributed by atoms with Gasteiger partial charge in [-0.3, -0.25) is 4.79 Å². The molecule has 1 atom stereocenters. The Balaban J connectivity index is 2.84. The summed E-state index contributed by atoms with van der Waals surface area (Å²) in [5.74, 6) is -2.70. The zero-order valence-corrected chi connectivity index (χ0v) is 9.98. The number of carbonyl (C=O) groups is 1. The maximum atomic E-state index is 13.3. The molecular weight excluding hydrogens is 246 g/mol. The summed E-state index contributed by atoms with van der Waals surface area (Å²) in [6.07, 6.45) is 0.421. The third-order valence-corrected chi connectivity index (χ3v) is 2.54. The molecule has 0 spiro atoms. The molecule has 3 N–H and O–H groups in total. The van der Waals surface area contributed by atoms with Crippen LogP contribution in [-0.2, 0) is 4.79 Å². The predicted octanol–water partition coefficient (Wildman–Crippen LogP) is 2.22. The van der Waals surface area contributed by atoms with Crippen LogP contribution >= 0.6 is 12.2 Å². The van der Waals surface area contributed by atoms with Gasteiger partial charge in [-0.15, -0.1) is 0 Å². The largest absolute Gasteiger partial charge is 0.393 e. The van der Waals surface area contributed by atoms with Crippen LogP contribution < -0.4 is 11.1 Å². The van der Waals surface area contributed by atoms with E-state index in [4.69, 9.17) is 18.0 Å². The van der Waals surface area contributed by atoms with Gasteiger partial charge < -0.3 is 11.1 Å². The fourth-order valence-corrected chi connectivity index (χ4v) is 1.60. The maximum absolute atomic E-state index is 13.3. The third kappa shape index (κ3) is 3.45. The molecule has 1 amide bonds. The summed E-state index contributed by atoms with van der Waals surface area (Å²) < 4.78 is 25.9. The second kappa shape index (κ2) is 5.67. The Morgan fingerprint density at radius 2 is 2.18 bits per heavy atom. The molecule has 0 aliphatic rings. The third-order valence-electron chi connectivity index (χ3n) is 2.26. The van der Waals surface area contributed by atoms with Crippen LogP contribution in [0.5, 0.6) is 0 Å². The van der Waals surface area contributed by atoms with Crippen LogP contribution in [0, 0.1) is 17.6 Å². The summed E-state index contributed by atoms with van der Waals surface area (Å²) in [6.45, 7) is 1.74. The normalized spacial score (nSPS) is 11.9. The van der Waals surface area contributed by atoms with E-state index in [1.54, 1.807) is 6.92 Å². The van der Waals surface area contributed by atoms with Crippen LogP contribution in [0.2, 0.25) is 0 Å². The highest BCUT2D eigenvalue weighted by atomic mass is 32.1. The molecule has 0 bridgehead atoms. The molecule has 1 aromatic carbocycles. The van der Waals surface area contributed by atoms with Gasteiger partial charge in [0.1, 0.15) is 11.6 Å². The molecule has 92 valence electrons. The van der Waals surface area contributed by atoms with Crippen molar-refractivity contribution in [2.45, 2.75) is 13.3 Å². The van der Waals surface area contributed by atoms with Crippen molar-refractivity contribution in [2.75, 3.05) is 5.32 Å². The minimum absolute atomic E-state index is 0.0486. The summed E-state index contributed by atoms with van der Waals surface area (Å²) in [6, 6.07) is 2.90. The second-order valence-electron chi connectivity index (χ2n) is 3.48. The van der Waals surface area contributed by atoms with Crippen LogP contribution in [-0.4, -0.2) is 10.9 Å². The minimum Gasteiger partial charge on any atom is -0.393 e. The van der Waals surface area contributed by atoms with E-state index >= 15 is 0 Å². The van der Waals surface area contributed by atoms with Crippen LogP contribution in [0.3, 0.4) is 0 Å². The number of halogens is 2. The van der Waals surface area contributed by atoms with E-state index in [0.29, 0.717) is 12.5 Å². The molecule has 0 aromatic heterocycles. The highest BCUT2D eigenvalue weighted by Gasteiger charge is 2.20. The number of anilines is 1. The number of thiocarbonyl (C=S) groups is 1. The smallest absolute Gasteiger partial charge is 0.234 e. The van der Waals surface area contributed by atoms with Gasteiger partial charge in [0.25, 0.3) is 0 Å². The lowest BCUT2D eigenvalue weighted by Gasteiger charge is -2.13. The Kier molecular flexibility index (Phi) is 4.51. The lowest BCUT2D eigenvalue weighted by molar-refractivity contribution is -0.118. The van der Waals surface area contributed by atoms with Crippen molar-refractivity contribution in [3.8, 4) is 0 Å². The van der Waals surface area contributed by atoms with Gasteiger partial charge in [0.05, 0.1) is 16.6 Å². The Morgan fingerprint density at radius 1 is 1.53 bits per heavy atom. The molecule has 0 saturated carbocycles. The molecular formula is C11H12F2N2OS. The fraction of sp³-hybridized carbons (Fsp3) is 0.273. The number of carbonyl (C=O) groups excluding carboxylic acids is 1. The number of hydrogen-bond donors (Lipinski definition) is 2. The number of hydrogen-bond acceptors (Lipinski definition) is 2. The molecule has 0 saturated heterocycles. The van der Waals surface area contributed by atoms with Crippen molar-refractivity contribution in [1.82, 2.24) is 0 Å². The molecule has 0 fully saturated rings. The Morgan fingerprint density at radius 3 is 2.65 bits per heavy atom. The zero-order valence-electron chi connectivity index (χ0n) is 9.17. The van der Waals surface area contributed by atoms with E-state index < -0.39 is 23.5 Å². The molecule has 1 unspecified atom stereocenters. The summed E-state index contributed by atoms with van der Waals surface area (Å²) >= 11 is 4.73. The van der Waals surface area contributed by atoms with E-state index in [-0.39, 0.29) is 10.7 Å². The molecule has 17 heavy (non-hydrogen) atoms. The second-order valence-corrected chi connectivity index (χ2v) is 3.95. The fourth-order valence-electron chi connectivity index (χ4n) is 1.33. The summed E-state index contributed by atoms with van der Waals surface area (Å²) in [4.78, 5) is 11.7. The molecule has 1 aromatic rings. The van der Waals surface area contributed by atoms with Crippen LogP contribution in [0.1, 0.15) is 13.3 Å². The zero-order chi connectivity index (χ0) is 13.0. The number of benzene rings is 1. The first kappa shape index (κ1) is 13.5. The van der Waals surface area contributed by atoms with E-state index in [2.05, 4.69) is 5.32 Å². The first-order valence-corrected chi connectivity index (χ1v) is 5.41. The SMILES string of the molecule is CCC(C(=O)Nc1ccc(F)cc1F)C(N)=S. The number of nitrogens with two attached hydrogens (primary N) is 1. The lowest BCUT2D eigenvalue weighted by atomic mass is 10.1. The number of amides is 1. The van der Waals surface area contributed by atoms with Crippen LogP contribution in [0.25, 0.3) is 0 Å². The Labute approximate surface area is 103 Å². The Hall–Kier alpha value is -1.56. The van der Waals surface area contributed by atoms with Crippen molar-refractivity contribution in [3.05, 3.63) is 29.8 Å². The van der Waals surface area contributed by atoms with Gasteiger partial charge in [0.15, 0.2) is 0 Å². The van der Waals surface area contributed by atoms with Gasteiger partial charge >= 0.3 is 0 Å². The Bertz CT molecular complexity index is 451. The van der Waals surface area contributed by atoms with Crippen molar-refractivity contribution < 1.29 is 13.6 Å². The standard InChI is InChI=1S/C11H12F2N2OS/c1-2-7(10(14)17)11(16)15-9-4-3-6(12)5-8(9)13/h3-5,7H,2H2,1H3,(H2,14,17)(H,15,16). The first-order chi connectivity index (χ1) is 7.95. The van der Waals surface area contributed by atoms with Gasteiger partial charge in [-0.25, -0.2) is 8.78 Å². The van der Waals surface area contributed by atoms with Gasteiger partial charge in [-0.05, 0) is 18.6 Å². The van der Waals surface area contributed by atoms with Crippen molar-refractivity contribution >= 4 is 28.8 Å². The molecule has 6 heteroatoms. The summed E-state index contributed by atoms with van der Waals surface area (Å²) in [5.41, 5.74) is 5.29. The first-order valence-electron chi connectivity index (χ1n) is 5.01. The number of nitrogens with one attached hydrogen (secondary N) is 1. The highest BCUT2D eigenvalue weighted by Crippen LogP contribution is 2.16. The summed E-state index contributed by atoms with van der Waals surface area (Å²) in [7, 11) is 0.